The number of carbonyl (C=O) groups excluding carboxylic acids is 2. The molecular weight excluding hydrogens is 300 g/mol. The fraction of sp³-hybridized carbons (Fsp3) is 0.429. The highest BCUT2D eigenvalue weighted by molar-refractivity contribution is 6.06. The van der Waals surface area contributed by atoms with Crippen LogP contribution in [0.5, 0.6) is 5.75 Å². The van der Waals surface area contributed by atoms with Crippen LogP contribution < -0.4 is 4.74 Å². The Morgan fingerprint density at radius 1 is 1.00 bits per heavy atom. The molecule has 3 atom stereocenters. The van der Waals surface area contributed by atoms with E-state index in [1.807, 2.05) is 56.3 Å². The van der Waals surface area contributed by atoms with Gasteiger partial charge >= 0.3 is 0 Å². The van der Waals surface area contributed by atoms with E-state index in [2.05, 4.69) is 6.08 Å². The molecule has 0 saturated heterocycles. The fourth-order valence-corrected chi connectivity index (χ4v) is 4.47. The minimum absolute atomic E-state index is 0.0315. The zero-order valence-electron chi connectivity index (χ0n) is 14.1. The second-order valence-corrected chi connectivity index (χ2v) is 7.92. The van der Waals surface area contributed by atoms with Gasteiger partial charge in [0.15, 0.2) is 0 Å². The Morgan fingerprint density at radius 2 is 1.67 bits per heavy atom. The summed E-state index contributed by atoms with van der Waals surface area (Å²) in [6.45, 7) is 4.01. The Kier molecular flexibility index (Phi) is 3.48. The number of rotatable bonds is 1. The van der Waals surface area contributed by atoms with E-state index in [1.165, 1.54) is 0 Å². The summed E-state index contributed by atoms with van der Waals surface area (Å²) in [5, 5.41) is 0. The van der Waals surface area contributed by atoms with Crippen molar-refractivity contribution in [2.75, 3.05) is 0 Å². The van der Waals surface area contributed by atoms with Gasteiger partial charge in [-0.25, -0.2) is 0 Å². The van der Waals surface area contributed by atoms with Crippen molar-refractivity contribution in [2.24, 2.45) is 17.3 Å². The second-order valence-electron chi connectivity index (χ2n) is 7.92. The van der Waals surface area contributed by atoms with Gasteiger partial charge in [-0.2, -0.15) is 0 Å². The van der Waals surface area contributed by atoms with E-state index < -0.39 is 5.92 Å². The van der Waals surface area contributed by atoms with Crippen LogP contribution in [0.15, 0.2) is 48.6 Å². The van der Waals surface area contributed by atoms with Crippen molar-refractivity contribution in [3.05, 3.63) is 54.1 Å². The van der Waals surface area contributed by atoms with Crippen molar-refractivity contribution in [3.63, 3.8) is 0 Å². The number of Topliss-reactive ketones (excluding diaryl/α,β-unsaturated/α-hetero) is 2. The third-order valence-corrected chi connectivity index (χ3v) is 5.44. The monoisotopic (exact) mass is 322 g/mol. The summed E-state index contributed by atoms with van der Waals surface area (Å²) in [5.41, 5.74) is 0.766. The summed E-state index contributed by atoms with van der Waals surface area (Å²) in [4.78, 5) is 25.8. The number of ether oxygens (including phenoxy) is 1. The molecule has 1 fully saturated rings. The lowest BCUT2D eigenvalue weighted by Crippen LogP contribution is -2.46. The largest absolute Gasteiger partial charge is 0.485 e. The highest BCUT2D eigenvalue weighted by Gasteiger charge is 2.49. The number of allylic oxidation sites excluding steroid dienone is 2. The molecule has 0 N–H and O–H groups in total. The van der Waals surface area contributed by atoms with E-state index in [4.69, 9.17) is 4.74 Å². The van der Waals surface area contributed by atoms with Gasteiger partial charge in [-0.15, -0.1) is 0 Å². The summed E-state index contributed by atoms with van der Waals surface area (Å²) in [6.07, 6.45) is 8.92. The van der Waals surface area contributed by atoms with Gasteiger partial charge in [0.2, 0.25) is 0 Å². The molecule has 1 saturated carbocycles. The lowest BCUT2D eigenvalue weighted by molar-refractivity contribution is -0.141. The van der Waals surface area contributed by atoms with Crippen molar-refractivity contribution < 1.29 is 14.3 Å². The molecule has 0 bridgehead atoms. The molecule has 1 heterocycles. The van der Waals surface area contributed by atoms with Gasteiger partial charge in [0, 0.05) is 24.7 Å². The van der Waals surface area contributed by atoms with Crippen LogP contribution in [0, 0.1) is 17.3 Å². The zero-order chi connectivity index (χ0) is 16.9. The molecular formula is C21H22O3. The van der Waals surface area contributed by atoms with Crippen LogP contribution in [0.2, 0.25) is 0 Å². The lowest BCUT2D eigenvalue weighted by Gasteiger charge is -2.43. The number of carbonyl (C=O) groups is 2. The maximum atomic E-state index is 12.9. The average molecular weight is 322 g/mol. The summed E-state index contributed by atoms with van der Waals surface area (Å²) in [5.74, 6) is 0.321. The smallest absolute Gasteiger partial charge is 0.144 e. The number of fused-ring (bicyclic) bond motifs is 2. The third kappa shape index (κ3) is 2.43. The van der Waals surface area contributed by atoms with Gasteiger partial charge in [0.05, 0.1) is 5.92 Å². The molecule has 1 aromatic carbocycles. The molecule has 3 heteroatoms. The van der Waals surface area contributed by atoms with Gasteiger partial charge in [-0.1, -0.05) is 50.3 Å². The normalized spacial score (nSPS) is 31.3. The Morgan fingerprint density at radius 3 is 2.42 bits per heavy atom. The molecule has 4 rings (SSSR count). The molecule has 1 aromatic rings. The fourth-order valence-electron chi connectivity index (χ4n) is 4.47. The molecule has 2 aliphatic carbocycles. The zero-order valence-corrected chi connectivity index (χ0v) is 14.1. The minimum atomic E-state index is -0.549. The first-order chi connectivity index (χ1) is 11.5. The third-order valence-electron chi connectivity index (χ3n) is 5.44. The average Bonchev–Trinajstić information content (AvgIpc) is 2.52. The standard InChI is InChI=1S/C21H22O3/c1-21(2)11-15(22)20(16(23)12-21)19-13-7-3-5-9-17(13)24-18-10-6-4-8-14(18)19/h3-10,13,17,19-20H,11-12H2,1-2H3/t13-,17+,19-/m0/s1. The molecule has 0 amide bonds. The highest BCUT2D eigenvalue weighted by atomic mass is 16.5. The first-order valence-electron chi connectivity index (χ1n) is 8.62. The number of benzene rings is 1. The summed E-state index contributed by atoms with van der Waals surface area (Å²) in [6, 6.07) is 7.83. The Labute approximate surface area is 142 Å². The SMILES string of the molecule is CC1(C)CC(=O)C([C@@H]2c3ccccc3O[C@@H]3C=CC=C[C@@H]32)C(=O)C1. The van der Waals surface area contributed by atoms with Crippen LogP contribution in [-0.2, 0) is 9.59 Å². The van der Waals surface area contributed by atoms with Gasteiger partial charge in [-0.3, -0.25) is 9.59 Å². The molecule has 0 aromatic heterocycles. The quantitative estimate of drug-likeness (QED) is 0.738. The Balaban J connectivity index is 1.80. The van der Waals surface area contributed by atoms with Crippen LogP contribution in [0.25, 0.3) is 0 Å². The molecule has 3 aliphatic rings. The maximum absolute atomic E-state index is 12.9. The number of hydrogen-bond acceptors (Lipinski definition) is 3. The maximum Gasteiger partial charge on any atom is 0.144 e. The number of para-hydroxylation sites is 1. The van der Waals surface area contributed by atoms with Crippen LogP contribution in [0.1, 0.15) is 38.2 Å². The predicted octanol–water partition coefficient (Wildman–Crippen LogP) is 3.85. The van der Waals surface area contributed by atoms with Crippen LogP contribution in [0.3, 0.4) is 0 Å². The van der Waals surface area contributed by atoms with Gasteiger partial charge in [-0.05, 0) is 23.1 Å². The highest BCUT2D eigenvalue weighted by Crippen LogP contribution is 2.49. The molecule has 1 aliphatic heterocycles. The molecule has 0 unspecified atom stereocenters. The summed E-state index contributed by atoms with van der Waals surface area (Å²) in [7, 11) is 0. The Bertz CT molecular complexity index is 736. The van der Waals surface area contributed by atoms with Crippen molar-refractivity contribution >= 4 is 11.6 Å². The van der Waals surface area contributed by atoms with Crippen molar-refractivity contribution in [3.8, 4) is 5.75 Å². The first kappa shape index (κ1) is 15.4. The minimum Gasteiger partial charge on any atom is -0.485 e. The molecule has 0 spiro atoms. The molecule has 3 nitrogen and oxygen atoms in total. The number of ketones is 2. The Hall–Kier alpha value is -2.16. The topological polar surface area (TPSA) is 43.4 Å². The summed E-state index contributed by atoms with van der Waals surface area (Å²) < 4.78 is 6.11. The van der Waals surface area contributed by atoms with Gasteiger partial charge < -0.3 is 4.74 Å². The first-order valence-corrected chi connectivity index (χ1v) is 8.62. The van der Waals surface area contributed by atoms with Crippen LogP contribution in [0.4, 0.5) is 0 Å². The van der Waals surface area contributed by atoms with E-state index in [-0.39, 0.29) is 34.9 Å². The van der Waals surface area contributed by atoms with Crippen LogP contribution >= 0.6 is 0 Å². The van der Waals surface area contributed by atoms with E-state index in [9.17, 15) is 9.59 Å². The molecule has 0 radical (unpaired) electrons. The van der Waals surface area contributed by atoms with E-state index in [0.29, 0.717) is 12.8 Å². The van der Waals surface area contributed by atoms with Crippen molar-refractivity contribution in [1.82, 2.24) is 0 Å². The molecule has 24 heavy (non-hydrogen) atoms. The van der Waals surface area contributed by atoms with Gasteiger partial charge in [0.25, 0.3) is 0 Å². The van der Waals surface area contributed by atoms with E-state index >= 15 is 0 Å². The van der Waals surface area contributed by atoms with Crippen molar-refractivity contribution in [1.29, 1.82) is 0 Å². The van der Waals surface area contributed by atoms with Gasteiger partial charge in [0.1, 0.15) is 23.4 Å². The second kappa shape index (κ2) is 5.44. The van der Waals surface area contributed by atoms with E-state index in [1.54, 1.807) is 0 Å². The predicted molar refractivity (Wildman–Crippen MR) is 91.9 cm³/mol. The van der Waals surface area contributed by atoms with Crippen LogP contribution in [-0.4, -0.2) is 17.7 Å². The molecule has 124 valence electrons. The number of hydrogen-bond donors (Lipinski definition) is 0. The lowest BCUT2D eigenvalue weighted by atomic mass is 9.62. The van der Waals surface area contributed by atoms with E-state index in [0.717, 1.165) is 11.3 Å². The van der Waals surface area contributed by atoms with Crippen molar-refractivity contribution in [2.45, 2.75) is 38.7 Å². The summed E-state index contributed by atoms with van der Waals surface area (Å²) >= 11 is 0.